The van der Waals surface area contributed by atoms with Crippen LogP contribution in [0, 0.1) is 0 Å². The van der Waals surface area contributed by atoms with Gasteiger partial charge in [0.15, 0.2) is 17.7 Å². The second-order valence-corrected chi connectivity index (χ2v) is 8.71. The molecule has 0 saturated carbocycles. The lowest BCUT2D eigenvalue weighted by Crippen LogP contribution is -2.55. The van der Waals surface area contributed by atoms with E-state index >= 15 is 0 Å². The van der Waals surface area contributed by atoms with Gasteiger partial charge in [-0.15, -0.1) is 0 Å². The van der Waals surface area contributed by atoms with Crippen LogP contribution in [0.2, 0.25) is 0 Å². The first-order valence-electron chi connectivity index (χ1n) is 11.9. The van der Waals surface area contributed by atoms with E-state index in [0.717, 1.165) is 37.7 Å². The predicted molar refractivity (Wildman–Crippen MR) is 124 cm³/mol. The molecule has 0 spiro atoms. The summed E-state index contributed by atoms with van der Waals surface area (Å²) in [6.45, 7) is 6.82. The molecule has 1 N–H and O–H groups in total. The van der Waals surface area contributed by atoms with E-state index in [2.05, 4.69) is 28.9 Å². The summed E-state index contributed by atoms with van der Waals surface area (Å²) < 4.78 is 12.1. The van der Waals surface area contributed by atoms with Crippen molar-refractivity contribution in [2.45, 2.75) is 57.7 Å². The lowest BCUT2D eigenvalue weighted by atomic mass is 9.97. The number of ether oxygens (including phenoxy) is 2. The Balaban J connectivity index is 1.35. The molecule has 0 radical (unpaired) electrons. The van der Waals surface area contributed by atoms with E-state index in [4.69, 9.17) is 9.47 Å². The van der Waals surface area contributed by atoms with Crippen molar-refractivity contribution in [2.75, 3.05) is 32.8 Å². The van der Waals surface area contributed by atoms with Crippen molar-refractivity contribution >= 4 is 0 Å². The van der Waals surface area contributed by atoms with Gasteiger partial charge < -0.3 is 14.6 Å². The van der Waals surface area contributed by atoms with Gasteiger partial charge in [0.2, 0.25) is 0 Å². The SMILES string of the molecule is CCCCCCCC(c1ccc(O)cc1)N1CCN(C2COc3ccccc3O2)CC1. The molecule has 2 atom stereocenters. The summed E-state index contributed by atoms with van der Waals surface area (Å²) in [6, 6.07) is 16.2. The summed E-state index contributed by atoms with van der Waals surface area (Å²) in [4.78, 5) is 5.02. The van der Waals surface area contributed by atoms with E-state index in [1.165, 1.54) is 44.1 Å². The van der Waals surface area contributed by atoms with Crippen LogP contribution in [-0.2, 0) is 0 Å². The number of para-hydroxylation sites is 2. The van der Waals surface area contributed by atoms with Crippen molar-refractivity contribution in [1.82, 2.24) is 9.80 Å². The minimum Gasteiger partial charge on any atom is -0.508 e. The average molecular weight is 425 g/mol. The van der Waals surface area contributed by atoms with Gasteiger partial charge in [0, 0.05) is 32.2 Å². The number of rotatable bonds is 9. The highest BCUT2D eigenvalue weighted by molar-refractivity contribution is 5.40. The smallest absolute Gasteiger partial charge is 0.187 e. The fourth-order valence-corrected chi connectivity index (χ4v) is 4.72. The van der Waals surface area contributed by atoms with Crippen molar-refractivity contribution in [3.8, 4) is 17.2 Å². The molecule has 2 aromatic carbocycles. The third-order valence-corrected chi connectivity index (χ3v) is 6.55. The Kier molecular flexibility index (Phi) is 7.71. The topological polar surface area (TPSA) is 45.2 Å². The zero-order chi connectivity index (χ0) is 21.5. The molecule has 5 nitrogen and oxygen atoms in total. The Morgan fingerprint density at radius 1 is 0.903 bits per heavy atom. The molecule has 31 heavy (non-hydrogen) atoms. The lowest BCUT2D eigenvalue weighted by Gasteiger charge is -2.43. The maximum Gasteiger partial charge on any atom is 0.187 e. The number of phenolic OH excluding ortho intramolecular Hbond substituents is 1. The first-order chi connectivity index (χ1) is 15.2. The van der Waals surface area contributed by atoms with Gasteiger partial charge in [0.25, 0.3) is 0 Å². The lowest BCUT2D eigenvalue weighted by molar-refractivity contribution is -0.0551. The highest BCUT2D eigenvalue weighted by Gasteiger charge is 2.31. The number of hydrogen-bond acceptors (Lipinski definition) is 5. The summed E-state index contributed by atoms with van der Waals surface area (Å²) in [5.74, 6) is 2.02. The minimum atomic E-state index is -0.0155. The van der Waals surface area contributed by atoms with Crippen LogP contribution in [0.1, 0.15) is 57.1 Å². The highest BCUT2D eigenvalue weighted by Crippen LogP contribution is 2.33. The normalized spacial score (nSPS) is 20.5. The van der Waals surface area contributed by atoms with Crippen molar-refractivity contribution in [1.29, 1.82) is 0 Å². The first-order valence-corrected chi connectivity index (χ1v) is 11.9. The van der Waals surface area contributed by atoms with Gasteiger partial charge >= 0.3 is 0 Å². The number of unbranched alkanes of at least 4 members (excludes halogenated alkanes) is 4. The fourth-order valence-electron chi connectivity index (χ4n) is 4.72. The third kappa shape index (κ3) is 5.72. The zero-order valence-corrected chi connectivity index (χ0v) is 18.7. The highest BCUT2D eigenvalue weighted by atomic mass is 16.6. The Bertz CT molecular complexity index is 803. The van der Waals surface area contributed by atoms with Crippen molar-refractivity contribution in [3.05, 3.63) is 54.1 Å². The van der Waals surface area contributed by atoms with Gasteiger partial charge in [-0.1, -0.05) is 63.3 Å². The molecule has 5 heteroatoms. The van der Waals surface area contributed by atoms with Crippen LogP contribution in [0.25, 0.3) is 0 Å². The zero-order valence-electron chi connectivity index (χ0n) is 18.7. The Labute approximate surface area is 186 Å². The molecule has 2 aromatic rings. The summed E-state index contributed by atoms with van der Waals surface area (Å²) in [6.07, 6.45) is 7.64. The monoisotopic (exact) mass is 424 g/mol. The predicted octanol–water partition coefficient (Wildman–Crippen LogP) is 5.21. The van der Waals surface area contributed by atoms with Crippen LogP contribution in [0.15, 0.2) is 48.5 Å². The summed E-state index contributed by atoms with van der Waals surface area (Å²) in [5.41, 5.74) is 1.31. The third-order valence-electron chi connectivity index (χ3n) is 6.55. The standard InChI is InChI=1S/C26H36N2O3/c1-2-3-4-5-6-9-23(21-12-14-22(29)15-13-21)27-16-18-28(19-17-27)26-20-30-24-10-7-8-11-25(24)31-26/h7-8,10-15,23,26,29H,2-6,9,16-20H2,1H3. The molecule has 0 aromatic heterocycles. The largest absolute Gasteiger partial charge is 0.508 e. The molecule has 2 aliphatic rings. The number of benzene rings is 2. The fraction of sp³-hybridized carbons (Fsp3) is 0.538. The number of aromatic hydroxyl groups is 1. The summed E-state index contributed by atoms with van der Waals surface area (Å²) in [7, 11) is 0. The second-order valence-electron chi connectivity index (χ2n) is 8.71. The maximum atomic E-state index is 9.72. The van der Waals surface area contributed by atoms with E-state index in [1.54, 1.807) is 0 Å². The molecular weight excluding hydrogens is 388 g/mol. The van der Waals surface area contributed by atoms with Crippen LogP contribution in [0.3, 0.4) is 0 Å². The maximum absolute atomic E-state index is 9.72. The number of fused-ring (bicyclic) bond motifs is 1. The van der Waals surface area contributed by atoms with E-state index < -0.39 is 0 Å². The van der Waals surface area contributed by atoms with E-state index in [1.807, 2.05) is 36.4 Å². The molecular formula is C26H36N2O3. The van der Waals surface area contributed by atoms with Gasteiger partial charge in [0.1, 0.15) is 12.4 Å². The molecule has 2 aliphatic heterocycles. The van der Waals surface area contributed by atoms with Crippen molar-refractivity contribution in [3.63, 3.8) is 0 Å². The average Bonchev–Trinajstić information content (AvgIpc) is 2.82. The first kappa shape index (κ1) is 22.0. The van der Waals surface area contributed by atoms with Gasteiger partial charge in [-0.25, -0.2) is 0 Å². The molecule has 1 saturated heterocycles. The van der Waals surface area contributed by atoms with E-state index in [-0.39, 0.29) is 6.23 Å². The van der Waals surface area contributed by atoms with E-state index in [0.29, 0.717) is 18.4 Å². The Hall–Kier alpha value is -2.24. The molecule has 168 valence electrons. The molecule has 0 bridgehead atoms. The van der Waals surface area contributed by atoms with Crippen LogP contribution >= 0.6 is 0 Å². The van der Waals surface area contributed by atoms with Crippen LogP contribution in [-0.4, -0.2) is 53.9 Å². The molecule has 0 amide bonds. The van der Waals surface area contributed by atoms with E-state index in [9.17, 15) is 5.11 Å². The van der Waals surface area contributed by atoms with Crippen LogP contribution < -0.4 is 9.47 Å². The molecule has 1 fully saturated rings. The number of nitrogens with zero attached hydrogens (tertiary/aromatic N) is 2. The Morgan fingerprint density at radius 3 is 2.35 bits per heavy atom. The molecule has 4 rings (SSSR count). The van der Waals surface area contributed by atoms with Crippen molar-refractivity contribution < 1.29 is 14.6 Å². The van der Waals surface area contributed by atoms with Gasteiger partial charge in [-0.3, -0.25) is 9.80 Å². The number of hydrogen-bond donors (Lipinski definition) is 1. The van der Waals surface area contributed by atoms with Gasteiger partial charge in [-0.05, 0) is 36.2 Å². The minimum absolute atomic E-state index is 0.0155. The van der Waals surface area contributed by atoms with Crippen LogP contribution in [0.5, 0.6) is 17.2 Å². The molecule has 2 heterocycles. The van der Waals surface area contributed by atoms with Gasteiger partial charge in [0.05, 0.1) is 0 Å². The number of phenols is 1. The quantitative estimate of drug-likeness (QED) is 0.560. The summed E-state index contributed by atoms with van der Waals surface area (Å²) in [5, 5.41) is 9.72. The Morgan fingerprint density at radius 2 is 1.61 bits per heavy atom. The number of piperazine rings is 1. The van der Waals surface area contributed by atoms with Gasteiger partial charge in [-0.2, -0.15) is 0 Å². The molecule has 2 unspecified atom stereocenters. The second kappa shape index (κ2) is 10.9. The van der Waals surface area contributed by atoms with Crippen molar-refractivity contribution in [2.24, 2.45) is 0 Å². The summed E-state index contributed by atoms with van der Waals surface area (Å²) >= 11 is 0. The van der Waals surface area contributed by atoms with Crippen LogP contribution in [0.4, 0.5) is 0 Å². The molecule has 0 aliphatic carbocycles.